The predicted molar refractivity (Wildman–Crippen MR) is 81.5 cm³/mol. The molecule has 112 valence electrons. The zero-order valence-electron chi connectivity index (χ0n) is 12.1. The number of hydrogen-bond acceptors (Lipinski definition) is 5. The molecule has 3 heterocycles. The number of nitrogens with zero attached hydrogens (tertiary/aromatic N) is 5. The predicted octanol–water partition coefficient (Wildman–Crippen LogP) is 2.76. The van der Waals surface area contributed by atoms with Crippen molar-refractivity contribution in [1.29, 1.82) is 0 Å². The lowest BCUT2D eigenvalue weighted by atomic mass is 10.3. The smallest absolute Gasteiger partial charge is 0.180 e. The van der Waals surface area contributed by atoms with E-state index in [1.165, 1.54) is 4.68 Å². The zero-order valence-corrected chi connectivity index (χ0v) is 12.1. The van der Waals surface area contributed by atoms with E-state index >= 15 is 0 Å². The minimum Gasteiger partial charge on any atom is -0.338 e. The van der Waals surface area contributed by atoms with Crippen molar-refractivity contribution in [3.05, 3.63) is 48.5 Å². The molecular weight excluding hydrogens is 283 g/mol. The van der Waals surface area contributed by atoms with Crippen LogP contribution in [-0.2, 0) is 6.54 Å². The van der Waals surface area contributed by atoms with Gasteiger partial charge in [-0.1, -0.05) is 6.07 Å². The average Bonchev–Trinajstić information content (AvgIpc) is 2.95. The van der Waals surface area contributed by atoms with Gasteiger partial charge in [-0.05, 0) is 19.1 Å². The summed E-state index contributed by atoms with van der Waals surface area (Å²) in [6.45, 7) is 1.69. The Morgan fingerprint density at radius 3 is 2.95 bits per heavy atom. The molecule has 0 unspecified atom stereocenters. The molecule has 3 rings (SSSR count). The van der Waals surface area contributed by atoms with Gasteiger partial charge in [-0.15, -0.1) is 0 Å². The lowest BCUT2D eigenvalue weighted by Crippen LogP contribution is -2.00. The Bertz CT molecular complexity index is 756. The van der Waals surface area contributed by atoms with Gasteiger partial charge >= 0.3 is 0 Å². The highest BCUT2D eigenvalue weighted by molar-refractivity contribution is 5.58. The van der Waals surface area contributed by atoms with Crippen molar-refractivity contribution in [3.63, 3.8) is 0 Å². The lowest BCUT2D eigenvalue weighted by molar-refractivity contribution is 0.427. The molecular formula is C15H15FN6. The number of nitrogens with one attached hydrogen (secondary N) is 1. The third-order valence-corrected chi connectivity index (χ3v) is 2.97. The van der Waals surface area contributed by atoms with Crippen molar-refractivity contribution >= 4 is 11.5 Å². The van der Waals surface area contributed by atoms with E-state index in [0.717, 1.165) is 11.4 Å². The first-order valence-electron chi connectivity index (χ1n) is 6.87. The van der Waals surface area contributed by atoms with Crippen molar-refractivity contribution in [1.82, 2.24) is 24.7 Å². The summed E-state index contributed by atoms with van der Waals surface area (Å²) in [7, 11) is 0. The van der Waals surface area contributed by atoms with Crippen LogP contribution in [0.3, 0.4) is 0 Å². The molecule has 6 nitrogen and oxygen atoms in total. The van der Waals surface area contributed by atoms with E-state index < -0.39 is 6.67 Å². The summed E-state index contributed by atoms with van der Waals surface area (Å²) in [6.07, 6.45) is 5.07. The maximum absolute atomic E-state index is 12.3. The minimum absolute atomic E-state index is 0.240. The first-order valence-corrected chi connectivity index (χ1v) is 6.87. The van der Waals surface area contributed by atoms with E-state index in [4.69, 9.17) is 0 Å². The third-order valence-electron chi connectivity index (χ3n) is 2.97. The Balaban J connectivity index is 1.86. The van der Waals surface area contributed by atoms with Gasteiger partial charge in [0.05, 0.1) is 18.4 Å². The fourth-order valence-electron chi connectivity index (χ4n) is 2.03. The van der Waals surface area contributed by atoms with Crippen LogP contribution in [0.4, 0.5) is 15.9 Å². The van der Waals surface area contributed by atoms with E-state index in [0.29, 0.717) is 17.3 Å². The lowest BCUT2D eigenvalue weighted by Gasteiger charge is -2.06. The van der Waals surface area contributed by atoms with Gasteiger partial charge in [0.2, 0.25) is 0 Å². The molecule has 0 saturated heterocycles. The first-order chi connectivity index (χ1) is 10.7. The number of anilines is 2. The van der Waals surface area contributed by atoms with Crippen LogP contribution in [0.2, 0.25) is 0 Å². The van der Waals surface area contributed by atoms with E-state index in [1.54, 1.807) is 18.6 Å². The number of alkyl halides is 1. The van der Waals surface area contributed by atoms with Crippen LogP contribution in [0.15, 0.2) is 42.9 Å². The van der Waals surface area contributed by atoms with Crippen LogP contribution >= 0.6 is 0 Å². The Morgan fingerprint density at radius 1 is 1.27 bits per heavy atom. The summed E-state index contributed by atoms with van der Waals surface area (Å²) < 4.78 is 13.8. The molecule has 0 aliphatic heterocycles. The Labute approximate surface area is 127 Å². The van der Waals surface area contributed by atoms with Gasteiger partial charge in [0.1, 0.15) is 18.2 Å². The highest BCUT2D eigenvalue weighted by atomic mass is 19.1. The SMILES string of the molecule is Cc1cc(Nc2cnn(CCF)c2)nc(-c2ccccn2)n1. The Morgan fingerprint density at radius 2 is 2.18 bits per heavy atom. The Kier molecular flexibility index (Phi) is 4.04. The number of rotatable bonds is 5. The van der Waals surface area contributed by atoms with Crippen LogP contribution in [0.1, 0.15) is 5.69 Å². The standard InChI is InChI=1S/C15H15FN6/c1-11-8-14(20-12-9-18-22(10-12)7-5-16)21-15(19-11)13-4-2-3-6-17-13/h2-4,6,8-10H,5,7H2,1H3,(H,19,20,21). The second-order valence-corrected chi connectivity index (χ2v) is 4.74. The fourth-order valence-corrected chi connectivity index (χ4v) is 2.03. The summed E-state index contributed by atoms with van der Waals surface area (Å²) in [4.78, 5) is 13.1. The van der Waals surface area contributed by atoms with Crippen molar-refractivity contribution in [2.24, 2.45) is 0 Å². The van der Waals surface area contributed by atoms with Crippen molar-refractivity contribution in [2.75, 3.05) is 12.0 Å². The van der Waals surface area contributed by atoms with Gasteiger partial charge in [0.25, 0.3) is 0 Å². The van der Waals surface area contributed by atoms with Crippen LogP contribution in [0.5, 0.6) is 0 Å². The molecule has 0 radical (unpaired) electrons. The van der Waals surface area contributed by atoms with E-state index in [9.17, 15) is 4.39 Å². The number of hydrogen-bond donors (Lipinski definition) is 1. The summed E-state index contributed by atoms with van der Waals surface area (Å²) in [5, 5.41) is 7.21. The maximum atomic E-state index is 12.3. The minimum atomic E-state index is -0.447. The van der Waals surface area contributed by atoms with Gasteiger partial charge in [-0.3, -0.25) is 9.67 Å². The summed E-state index contributed by atoms with van der Waals surface area (Å²) in [5.74, 6) is 1.20. The van der Waals surface area contributed by atoms with Crippen molar-refractivity contribution < 1.29 is 4.39 Å². The molecule has 0 bridgehead atoms. The van der Waals surface area contributed by atoms with E-state index in [2.05, 4.69) is 25.4 Å². The largest absolute Gasteiger partial charge is 0.338 e. The van der Waals surface area contributed by atoms with Crippen molar-refractivity contribution in [3.8, 4) is 11.5 Å². The van der Waals surface area contributed by atoms with Crippen LogP contribution < -0.4 is 5.32 Å². The fraction of sp³-hybridized carbons (Fsp3) is 0.200. The molecule has 0 saturated carbocycles. The highest BCUT2D eigenvalue weighted by Gasteiger charge is 2.07. The van der Waals surface area contributed by atoms with Gasteiger partial charge in [0, 0.05) is 24.2 Å². The van der Waals surface area contributed by atoms with Crippen LogP contribution in [0, 0.1) is 6.92 Å². The Hall–Kier alpha value is -2.83. The second-order valence-electron chi connectivity index (χ2n) is 4.74. The zero-order chi connectivity index (χ0) is 15.4. The van der Waals surface area contributed by atoms with Crippen LogP contribution in [0.25, 0.3) is 11.5 Å². The maximum Gasteiger partial charge on any atom is 0.180 e. The average molecular weight is 298 g/mol. The quantitative estimate of drug-likeness (QED) is 0.784. The molecule has 22 heavy (non-hydrogen) atoms. The van der Waals surface area contributed by atoms with Gasteiger partial charge in [-0.2, -0.15) is 5.10 Å². The number of halogens is 1. The van der Waals surface area contributed by atoms with Gasteiger partial charge in [-0.25, -0.2) is 14.4 Å². The van der Waals surface area contributed by atoms with Crippen molar-refractivity contribution in [2.45, 2.75) is 13.5 Å². The van der Waals surface area contributed by atoms with Gasteiger partial charge < -0.3 is 5.32 Å². The normalized spacial score (nSPS) is 10.6. The van der Waals surface area contributed by atoms with E-state index in [1.807, 2.05) is 31.2 Å². The topological polar surface area (TPSA) is 68.5 Å². The molecule has 0 amide bonds. The molecule has 3 aromatic heterocycles. The number of aromatic nitrogens is 5. The summed E-state index contributed by atoms with van der Waals surface area (Å²) >= 11 is 0. The van der Waals surface area contributed by atoms with Crippen LogP contribution in [-0.4, -0.2) is 31.4 Å². The molecule has 0 fully saturated rings. The third kappa shape index (κ3) is 3.25. The molecule has 0 aromatic carbocycles. The molecule has 7 heteroatoms. The number of aryl methyl sites for hydroxylation is 2. The summed E-state index contributed by atoms with van der Waals surface area (Å²) in [6, 6.07) is 7.43. The number of pyridine rings is 1. The molecule has 1 N–H and O–H groups in total. The molecule has 0 spiro atoms. The highest BCUT2D eigenvalue weighted by Crippen LogP contribution is 2.18. The molecule has 0 atom stereocenters. The molecule has 0 aliphatic carbocycles. The second kappa shape index (κ2) is 6.30. The monoisotopic (exact) mass is 298 g/mol. The van der Waals surface area contributed by atoms with Gasteiger partial charge in [0.15, 0.2) is 5.82 Å². The van der Waals surface area contributed by atoms with E-state index in [-0.39, 0.29) is 6.54 Å². The first kappa shape index (κ1) is 14.1. The molecule has 0 aliphatic rings. The molecule has 3 aromatic rings. The summed E-state index contributed by atoms with van der Waals surface area (Å²) in [5.41, 5.74) is 2.29.